The van der Waals surface area contributed by atoms with Crippen LogP contribution in [0, 0.1) is 0 Å². The van der Waals surface area contributed by atoms with Crippen molar-refractivity contribution in [2.45, 2.75) is 58.5 Å². The Bertz CT molecular complexity index is 974. The van der Waals surface area contributed by atoms with Crippen LogP contribution < -0.4 is 15.9 Å². The highest BCUT2D eigenvalue weighted by Crippen LogP contribution is 2.34. The highest BCUT2D eigenvalue weighted by atomic mass is 31.1. The molecule has 0 amide bonds. The van der Waals surface area contributed by atoms with E-state index in [0.29, 0.717) is 12.0 Å². The van der Waals surface area contributed by atoms with Crippen molar-refractivity contribution in [3.63, 3.8) is 0 Å². The first-order valence-electron chi connectivity index (χ1n) is 11.9. The van der Waals surface area contributed by atoms with E-state index in [1.54, 1.807) is 0 Å². The van der Waals surface area contributed by atoms with E-state index < -0.39 is 7.92 Å². The maximum Gasteiger partial charge on any atom is 0.339 e. The van der Waals surface area contributed by atoms with E-state index in [-0.39, 0.29) is 12.1 Å². The molecule has 0 N–H and O–H groups in total. The summed E-state index contributed by atoms with van der Waals surface area (Å²) in [6, 6.07) is 28.9. The topological polar surface area (TPSA) is 26.3 Å². The zero-order valence-electron chi connectivity index (χ0n) is 19.9. The van der Waals surface area contributed by atoms with Crippen LogP contribution >= 0.6 is 7.92 Å². The van der Waals surface area contributed by atoms with E-state index in [4.69, 9.17) is 4.74 Å². The number of carbonyl (C=O) groups is 1. The van der Waals surface area contributed by atoms with Crippen LogP contribution in [-0.4, -0.2) is 12.1 Å². The zero-order chi connectivity index (χ0) is 23.5. The molecule has 2 nitrogen and oxygen atoms in total. The van der Waals surface area contributed by atoms with E-state index >= 15 is 0 Å². The lowest BCUT2D eigenvalue weighted by Gasteiger charge is -2.23. The third kappa shape index (κ3) is 7.41. The summed E-state index contributed by atoms with van der Waals surface area (Å²) >= 11 is 0. The molecule has 0 aliphatic heterocycles. The number of hydrogen-bond donors (Lipinski definition) is 0. The SMILES string of the molecule is C=C(C)C[C@@H](CCCCCC)OC(=O)c1ccccc1P(c1ccccc1)c1ccccc1. The maximum atomic E-state index is 13.5. The van der Waals surface area contributed by atoms with Crippen LogP contribution in [0.4, 0.5) is 0 Å². The van der Waals surface area contributed by atoms with Crippen LogP contribution in [0.5, 0.6) is 0 Å². The predicted octanol–water partition coefficient (Wildman–Crippen LogP) is 6.91. The summed E-state index contributed by atoms with van der Waals surface area (Å²) in [6.45, 7) is 8.27. The number of benzene rings is 3. The summed E-state index contributed by atoms with van der Waals surface area (Å²) in [5.74, 6) is -0.230. The Labute approximate surface area is 200 Å². The maximum absolute atomic E-state index is 13.5. The van der Waals surface area contributed by atoms with Crippen molar-refractivity contribution in [1.29, 1.82) is 0 Å². The Morgan fingerprint density at radius 1 is 0.848 bits per heavy atom. The minimum Gasteiger partial charge on any atom is -0.458 e. The number of hydrogen-bond acceptors (Lipinski definition) is 2. The van der Waals surface area contributed by atoms with Crippen molar-refractivity contribution in [3.8, 4) is 0 Å². The van der Waals surface area contributed by atoms with E-state index in [0.717, 1.165) is 23.7 Å². The third-order valence-electron chi connectivity index (χ3n) is 5.62. The largest absolute Gasteiger partial charge is 0.458 e. The van der Waals surface area contributed by atoms with Gasteiger partial charge in [0.1, 0.15) is 6.10 Å². The number of unbranched alkanes of at least 4 members (excludes halogenated alkanes) is 3. The van der Waals surface area contributed by atoms with Gasteiger partial charge in [-0.3, -0.25) is 0 Å². The van der Waals surface area contributed by atoms with Gasteiger partial charge in [0.05, 0.1) is 5.56 Å². The average Bonchev–Trinajstić information content (AvgIpc) is 2.83. The van der Waals surface area contributed by atoms with Crippen LogP contribution in [0.2, 0.25) is 0 Å². The molecule has 0 heterocycles. The van der Waals surface area contributed by atoms with Crippen LogP contribution in [0.25, 0.3) is 0 Å². The predicted molar refractivity (Wildman–Crippen MR) is 143 cm³/mol. The van der Waals surface area contributed by atoms with Crippen molar-refractivity contribution in [2.75, 3.05) is 0 Å². The van der Waals surface area contributed by atoms with Crippen LogP contribution in [0.3, 0.4) is 0 Å². The van der Waals surface area contributed by atoms with Gasteiger partial charge in [0.15, 0.2) is 0 Å². The van der Waals surface area contributed by atoms with Gasteiger partial charge < -0.3 is 4.74 Å². The molecule has 0 saturated carbocycles. The number of ether oxygens (including phenoxy) is 1. The van der Waals surface area contributed by atoms with Crippen molar-refractivity contribution < 1.29 is 9.53 Å². The molecule has 3 aromatic carbocycles. The standard InChI is InChI=1S/C30H35O2P/c1-4-5-6-9-16-25(23-24(2)3)32-30(31)28-21-14-15-22-29(28)33(26-17-10-7-11-18-26)27-19-12-8-13-20-27/h7-8,10-15,17-22,25H,2,4-6,9,16,23H2,1,3H3/t25-/m1/s1. The van der Waals surface area contributed by atoms with Crippen molar-refractivity contribution >= 4 is 29.8 Å². The van der Waals surface area contributed by atoms with Gasteiger partial charge in [-0.2, -0.15) is 0 Å². The molecular formula is C30H35O2P. The van der Waals surface area contributed by atoms with Gasteiger partial charge in [-0.1, -0.05) is 111 Å². The lowest BCUT2D eigenvalue weighted by Crippen LogP contribution is -2.27. The Morgan fingerprint density at radius 2 is 1.42 bits per heavy atom. The highest BCUT2D eigenvalue weighted by molar-refractivity contribution is 7.80. The Kier molecular flexibility index (Phi) is 9.91. The minimum absolute atomic E-state index is 0.125. The summed E-state index contributed by atoms with van der Waals surface area (Å²) in [7, 11) is -0.875. The Balaban J connectivity index is 1.91. The first-order valence-corrected chi connectivity index (χ1v) is 13.3. The quantitative estimate of drug-likeness (QED) is 0.128. The first kappa shape index (κ1) is 24.9. The van der Waals surface area contributed by atoms with Gasteiger partial charge in [-0.05, 0) is 49.7 Å². The molecule has 0 unspecified atom stereocenters. The third-order valence-corrected chi connectivity index (χ3v) is 8.12. The van der Waals surface area contributed by atoms with Gasteiger partial charge in [0.25, 0.3) is 0 Å². The molecule has 0 bridgehead atoms. The summed E-state index contributed by atoms with van der Waals surface area (Å²) in [4.78, 5) is 13.5. The van der Waals surface area contributed by atoms with Crippen molar-refractivity contribution in [2.24, 2.45) is 0 Å². The van der Waals surface area contributed by atoms with Gasteiger partial charge in [-0.25, -0.2) is 4.79 Å². The minimum atomic E-state index is -0.875. The molecule has 172 valence electrons. The van der Waals surface area contributed by atoms with Gasteiger partial charge in [-0.15, -0.1) is 6.58 Å². The molecule has 0 spiro atoms. The monoisotopic (exact) mass is 458 g/mol. The lowest BCUT2D eigenvalue weighted by molar-refractivity contribution is 0.0279. The molecule has 0 aliphatic carbocycles. The molecule has 1 atom stereocenters. The average molecular weight is 459 g/mol. The molecule has 0 fully saturated rings. The molecule has 3 rings (SSSR count). The molecule has 3 heteroatoms. The molecule has 0 saturated heterocycles. The summed E-state index contributed by atoms with van der Waals surface area (Å²) < 4.78 is 6.10. The van der Waals surface area contributed by atoms with Crippen molar-refractivity contribution in [1.82, 2.24) is 0 Å². The fourth-order valence-electron chi connectivity index (χ4n) is 4.03. The molecule has 0 aliphatic rings. The second kappa shape index (κ2) is 13.1. The first-order chi connectivity index (χ1) is 16.1. The van der Waals surface area contributed by atoms with Gasteiger partial charge in [0.2, 0.25) is 0 Å². The van der Waals surface area contributed by atoms with E-state index in [1.165, 1.54) is 29.9 Å². The number of rotatable bonds is 12. The van der Waals surface area contributed by atoms with Gasteiger partial charge >= 0.3 is 5.97 Å². The Hall–Kier alpha value is -2.70. The normalized spacial score (nSPS) is 11.8. The molecule has 3 aromatic rings. The Morgan fingerprint density at radius 3 is 2.00 bits per heavy atom. The zero-order valence-corrected chi connectivity index (χ0v) is 20.8. The summed E-state index contributed by atoms with van der Waals surface area (Å²) in [6.07, 6.45) is 6.13. The van der Waals surface area contributed by atoms with E-state index in [2.05, 4.69) is 68.1 Å². The second-order valence-electron chi connectivity index (χ2n) is 8.56. The van der Waals surface area contributed by atoms with Crippen LogP contribution in [0.1, 0.15) is 62.7 Å². The van der Waals surface area contributed by atoms with E-state index in [9.17, 15) is 4.79 Å². The second-order valence-corrected chi connectivity index (χ2v) is 10.7. The lowest BCUT2D eigenvalue weighted by atomic mass is 10.0. The molecule has 33 heavy (non-hydrogen) atoms. The fourth-order valence-corrected chi connectivity index (χ4v) is 6.46. The van der Waals surface area contributed by atoms with Crippen LogP contribution in [-0.2, 0) is 4.74 Å². The summed E-state index contributed by atoms with van der Waals surface area (Å²) in [5.41, 5.74) is 1.71. The molecular weight excluding hydrogens is 423 g/mol. The highest BCUT2D eigenvalue weighted by Gasteiger charge is 2.24. The molecule has 0 radical (unpaired) electrons. The smallest absolute Gasteiger partial charge is 0.339 e. The van der Waals surface area contributed by atoms with Gasteiger partial charge in [0, 0.05) is 6.42 Å². The van der Waals surface area contributed by atoms with Crippen molar-refractivity contribution in [3.05, 3.63) is 103 Å². The summed E-state index contributed by atoms with van der Waals surface area (Å²) in [5, 5.41) is 3.48. The fraction of sp³-hybridized carbons (Fsp3) is 0.300. The number of carbonyl (C=O) groups excluding carboxylic acids is 1. The molecule has 0 aromatic heterocycles. The van der Waals surface area contributed by atoms with E-state index in [1.807, 2.05) is 37.3 Å². The number of esters is 1. The van der Waals surface area contributed by atoms with Crippen LogP contribution in [0.15, 0.2) is 97.1 Å².